The predicted molar refractivity (Wildman–Crippen MR) is 256 cm³/mol. The van der Waals surface area contributed by atoms with Crippen LogP contribution >= 0.6 is 22.7 Å². The third-order valence-electron chi connectivity index (χ3n) is 10.0. The summed E-state index contributed by atoms with van der Waals surface area (Å²) in [5.74, 6) is -0.00348. The molecule has 0 aliphatic heterocycles. The van der Waals surface area contributed by atoms with Crippen molar-refractivity contribution in [3.8, 4) is 22.3 Å². The highest BCUT2D eigenvalue weighted by Crippen LogP contribution is 2.37. The lowest BCUT2D eigenvalue weighted by molar-refractivity contribution is -0.117. The first kappa shape index (κ1) is 44.9. The highest BCUT2D eigenvalue weighted by molar-refractivity contribution is 7.90. The van der Waals surface area contributed by atoms with E-state index in [1.54, 1.807) is 79.0 Å². The zero-order valence-electron chi connectivity index (χ0n) is 33.0. The van der Waals surface area contributed by atoms with Crippen LogP contribution in [0, 0.1) is 6.92 Å². The number of aromatic nitrogens is 4. The Labute approximate surface area is 370 Å². The number of hydrogen-bond acceptors (Lipinski definition) is 8. The van der Waals surface area contributed by atoms with Crippen LogP contribution < -0.4 is 9.80 Å². The number of carbonyl (C=O) groups is 2. The van der Waals surface area contributed by atoms with Gasteiger partial charge in [-0.3, -0.25) is 19.4 Å². The molecular weight excluding hydrogens is 833 g/mol. The molecule has 10 nitrogen and oxygen atoms in total. The van der Waals surface area contributed by atoms with Gasteiger partial charge in [0.15, 0.2) is 5.65 Å². The molecule has 6 aromatic heterocycles. The molecule has 62 heavy (non-hydrogen) atoms. The van der Waals surface area contributed by atoms with Crippen LogP contribution in [0.2, 0.25) is 0 Å². The Hall–Kier alpha value is -6.67. The fraction of sp³-hybridized carbons (Fsp3) is 0.143. The molecule has 6 heterocycles. The van der Waals surface area contributed by atoms with Crippen molar-refractivity contribution in [1.82, 2.24) is 18.9 Å². The summed E-state index contributed by atoms with van der Waals surface area (Å²) in [6, 6.07) is 38.4. The van der Waals surface area contributed by atoms with E-state index in [9.17, 15) is 18.0 Å². The first-order chi connectivity index (χ1) is 29.1. The van der Waals surface area contributed by atoms with Crippen LogP contribution in [-0.2, 0) is 32.7 Å². The number of nitrogens with one attached hydrogen (secondary N) is 1. The molecule has 0 unspecified atom stereocenters. The van der Waals surface area contributed by atoms with E-state index < -0.39 is 10.0 Å². The number of aryl methyl sites for hydroxylation is 1. The fourth-order valence-electron chi connectivity index (χ4n) is 6.93. The number of carbonyl (C=O) groups excluding carboxylic acids is 2. The Morgan fingerprint density at radius 1 is 0.661 bits per heavy atom. The number of fused-ring (bicyclic) bond motifs is 2. The van der Waals surface area contributed by atoms with Gasteiger partial charge in [0.05, 0.1) is 28.0 Å². The Kier molecular flexibility index (Phi) is 14.0. The number of anilines is 2. The van der Waals surface area contributed by atoms with Gasteiger partial charge in [-0.2, -0.15) is 0 Å². The van der Waals surface area contributed by atoms with E-state index in [4.69, 9.17) is 0 Å². The number of pyridine rings is 2. The van der Waals surface area contributed by atoms with Gasteiger partial charge in [0.25, 0.3) is 10.0 Å². The first-order valence-electron chi connectivity index (χ1n) is 19.1. The van der Waals surface area contributed by atoms with E-state index in [1.165, 1.54) is 15.3 Å². The largest absolute Gasteiger partial charge is 0.346 e. The van der Waals surface area contributed by atoms with Crippen LogP contribution in [0.25, 0.3) is 44.3 Å². The Morgan fingerprint density at radius 3 is 1.71 bits per heavy atom. The third-order valence-corrected chi connectivity index (χ3v) is 13.6. The van der Waals surface area contributed by atoms with Gasteiger partial charge in [0, 0.05) is 60.2 Å². The molecule has 0 saturated carbocycles. The van der Waals surface area contributed by atoms with Crippen LogP contribution in [0.15, 0.2) is 162 Å². The SMILES string of the molecule is C.C.CC(=O)N(Cc1ccccc1)c1cc(-c2ccnc3[nH]ccc23)cs1.CC(=O)N(Cc1ccccc1)c1cc(-c2ccnc3c2ccn3S(=O)(=O)c2ccc(C)cc2)cs1. The van der Waals surface area contributed by atoms with Gasteiger partial charge in [-0.05, 0) is 88.8 Å². The maximum Gasteiger partial charge on any atom is 0.269 e. The van der Waals surface area contributed by atoms with Gasteiger partial charge in [-0.1, -0.05) is 93.2 Å². The van der Waals surface area contributed by atoms with Gasteiger partial charge in [-0.25, -0.2) is 22.4 Å². The molecule has 3 aromatic carbocycles. The molecule has 0 saturated heterocycles. The predicted octanol–water partition coefficient (Wildman–Crippen LogP) is 12.0. The first-order valence-corrected chi connectivity index (χ1v) is 22.3. The monoisotopic (exact) mass is 880 g/mol. The number of benzene rings is 3. The number of H-pyrrole nitrogens is 1. The van der Waals surface area contributed by atoms with Crippen molar-refractivity contribution in [2.45, 2.75) is 53.6 Å². The molecule has 0 bridgehead atoms. The topological polar surface area (TPSA) is 121 Å². The summed E-state index contributed by atoms with van der Waals surface area (Å²) < 4.78 is 27.8. The minimum Gasteiger partial charge on any atom is -0.346 e. The smallest absolute Gasteiger partial charge is 0.269 e. The molecule has 0 fully saturated rings. The number of thiophene rings is 2. The maximum absolute atomic E-state index is 13.3. The molecule has 316 valence electrons. The van der Waals surface area contributed by atoms with Crippen LogP contribution in [0.4, 0.5) is 10.0 Å². The standard InChI is InChI=1S/C27H23N3O3S2.C20H17N3OS.2CH4/c1-19-8-10-23(11-9-19)35(32,33)30-15-13-25-24(12-14-28-27(25)30)22-16-26(34-18-22)29(20(2)31)17-21-6-4-3-5-7-21;1-14(24)23(12-15-5-3-2-4-6-15)19-11-16(13-25-19)17-7-9-21-20-18(17)8-10-22-20;;/h3-16,18H,17H2,1-2H3;2-11,13H,12H2,1H3,(H,21,22);2*1H4. The molecule has 13 heteroatoms. The highest BCUT2D eigenvalue weighted by Gasteiger charge is 2.22. The number of hydrogen-bond donors (Lipinski definition) is 1. The number of amides is 2. The van der Waals surface area contributed by atoms with Gasteiger partial charge < -0.3 is 4.98 Å². The highest BCUT2D eigenvalue weighted by atomic mass is 32.2. The van der Waals surface area contributed by atoms with Crippen molar-refractivity contribution in [3.63, 3.8) is 0 Å². The number of aromatic amines is 1. The summed E-state index contributed by atoms with van der Waals surface area (Å²) in [6.07, 6.45) is 6.85. The zero-order chi connectivity index (χ0) is 41.8. The lowest BCUT2D eigenvalue weighted by Crippen LogP contribution is -2.26. The molecule has 9 rings (SSSR count). The van der Waals surface area contributed by atoms with Crippen molar-refractivity contribution >= 4 is 76.6 Å². The van der Waals surface area contributed by atoms with E-state index in [2.05, 4.69) is 26.4 Å². The average molecular weight is 881 g/mol. The molecular formula is C49H48N6O4S3. The molecule has 9 aromatic rings. The van der Waals surface area contributed by atoms with Crippen molar-refractivity contribution in [2.24, 2.45) is 0 Å². The second-order valence-corrected chi connectivity index (χ2v) is 17.7. The van der Waals surface area contributed by atoms with Crippen LogP contribution in [0.3, 0.4) is 0 Å². The molecule has 0 aliphatic rings. The second kappa shape index (κ2) is 19.4. The molecule has 0 radical (unpaired) electrons. The fourth-order valence-corrected chi connectivity index (χ4v) is 10.2. The summed E-state index contributed by atoms with van der Waals surface area (Å²) in [4.78, 5) is 40.2. The molecule has 2 amide bonds. The minimum atomic E-state index is -3.79. The summed E-state index contributed by atoms with van der Waals surface area (Å²) in [5, 5.41) is 7.67. The second-order valence-electron chi connectivity index (χ2n) is 14.2. The summed E-state index contributed by atoms with van der Waals surface area (Å²) >= 11 is 3.06. The van der Waals surface area contributed by atoms with Gasteiger partial charge in [-0.15, -0.1) is 22.7 Å². The minimum absolute atomic E-state index is 0. The normalized spacial score (nSPS) is 11.0. The van der Waals surface area contributed by atoms with E-state index >= 15 is 0 Å². The zero-order valence-corrected chi connectivity index (χ0v) is 35.5. The average Bonchev–Trinajstić information content (AvgIpc) is 4.10. The van der Waals surface area contributed by atoms with Crippen LogP contribution in [-0.4, -0.2) is 39.2 Å². The van der Waals surface area contributed by atoms with Gasteiger partial charge in [0.2, 0.25) is 11.8 Å². The van der Waals surface area contributed by atoms with Gasteiger partial charge >= 0.3 is 0 Å². The van der Waals surface area contributed by atoms with Crippen LogP contribution in [0.5, 0.6) is 0 Å². The third kappa shape index (κ3) is 9.45. The van der Waals surface area contributed by atoms with Crippen molar-refractivity contribution in [3.05, 3.63) is 174 Å². The number of nitrogens with zero attached hydrogens (tertiary/aromatic N) is 5. The Morgan fingerprint density at radius 2 is 1.18 bits per heavy atom. The molecule has 0 spiro atoms. The Bertz CT molecular complexity index is 3040. The van der Waals surface area contributed by atoms with Crippen LogP contribution in [0.1, 0.15) is 45.4 Å². The molecule has 0 atom stereocenters. The van der Waals surface area contributed by atoms with E-state index in [-0.39, 0.29) is 31.6 Å². The maximum atomic E-state index is 13.3. The quantitative estimate of drug-likeness (QED) is 0.146. The van der Waals surface area contributed by atoms with E-state index in [1.807, 2.05) is 108 Å². The summed E-state index contributed by atoms with van der Waals surface area (Å²) in [7, 11) is -3.79. The van der Waals surface area contributed by atoms with Gasteiger partial charge in [0.1, 0.15) is 5.65 Å². The van der Waals surface area contributed by atoms with Crippen molar-refractivity contribution < 1.29 is 18.0 Å². The van der Waals surface area contributed by atoms with E-state index in [0.29, 0.717) is 18.7 Å². The number of rotatable bonds is 10. The lowest BCUT2D eigenvalue weighted by Gasteiger charge is -2.19. The summed E-state index contributed by atoms with van der Waals surface area (Å²) in [5.41, 5.74) is 8.37. The van der Waals surface area contributed by atoms with Crippen molar-refractivity contribution in [2.75, 3.05) is 9.80 Å². The van der Waals surface area contributed by atoms with Crippen molar-refractivity contribution in [1.29, 1.82) is 0 Å². The molecule has 0 aliphatic carbocycles. The Balaban J connectivity index is 0.000000211. The molecule has 1 N–H and O–H groups in total. The lowest BCUT2D eigenvalue weighted by atomic mass is 10.1. The summed E-state index contributed by atoms with van der Waals surface area (Å²) in [6.45, 7) is 6.14. The van der Waals surface area contributed by atoms with E-state index in [0.717, 1.165) is 65.4 Å².